The van der Waals surface area contributed by atoms with Crippen LogP contribution in [0, 0.1) is 35.3 Å². The molecule has 1 aliphatic carbocycles. The molecule has 4 saturated heterocycles. The van der Waals surface area contributed by atoms with E-state index < -0.39 is 35.3 Å². The number of anilines is 1. The number of hydrogen-bond donors (Lipinski definition) is 2. The lowest BCUT2D eigenvalue weighted by molar-refractivity contribution is -0.567. The summed E-state index contributed by atoms with van der Waals surface area (Å²) in [6.45, 7) is 6.60. The van der Waals surface area contributed by atoms with Crippen molar-refractivity contribution < 1.29 is 32.8 Å². The Hall–Kier alpha value is -1.81. The van der Waals surface area contributed by atoms with Gasteiger partial charge in [0.1, 0.15) is 11.6 Å². The summed E-state index contributed by atoms with van der Waals surface area (Å²) in [6.07, 6.45) is 1.63. The quantitative estimate of drug-likeness (QED) is 0.684. The third kappa shape index (κ3) is 3.42. The van der Waals surface area contributed by atoms with E-state index in [9.17, 15) is 13.6 Å². The number of hydrogen-bond acceptors (Lipinski definition) is 5. The molecule has 2 bridgehead atoms. The van der Waals surface area contributed by atoms with Gasteiger partial charge in [0.25, 0.3) is 0 Å². The van der Waals surface area contributed by atoms with Gasteiger partial charge in [-0.25, -0.2) is 23.4 Å². The van der Waals surface area contributed by atoms with Gasteiger partial charge in [0.2, 0.25) is 5.79 Å². The van der Waals surface area contributed by atoms with E-state index in [1.54, 1.807) is 0 Å². The van der Waals surface area contributed by atoms with Crippen LogP contribution in [0.3, 0.4) is 0 Å². The van der Waals surface area contributed by atoms with E-state index in [0.29, 0.717) is 19.4 Å². The maximum absolute atomic E-state index is 13.5. The molecule has 8 atom stereocenters. The fraction of sp³-hybridized carbons (Fsp3) is 0.682. The van der Waals surface area contributed by atoms with Gasteiger partial charge in [-0.15, -0.1) is 0 Å². The molecule has 1 spiro atoms. The zero-order valence-corrected chi connectivity index (χ0v) is 17.8. The topological polar surface area (TPSA) is 78.1 Å². The number of carbonyl (C=O) groups is 1. The summed E-state index contributed by atoms with van der Waals surface area (Å²) < 4.78 is 39.2. The fourth-order valence-electron chi connectivity index (χ4n) is 6.00. The second kappa shape index (κ2) is 7.37. The number of rotatable bonds is 2. The number of carbonyl (C=O) groups excluding carboxylic acids is 1. The lowest BCUT2D eigenvalue weighted by atomic mass is 9.57. The molecule has 170 valence electrons. The van der Waals surface area contributed by atoms with Crippen LogP contribution in [-0.4, -0.2) is 36.4 Å². The molecular formula is C22H28F2N2O5. The van der Waals surface area contributed by atoms with E-state index in [0.717, 1.165) is 24.6 Å². The summed E-state index contributed by atoms with van der Waals surface area (Å²) >= 11 is 0. The third-order valence-corrected chi connectivity index (χ3v) is 7.57. The van der Waals surface area contributed by atoms with E-state index in [1.165, 1.54) is 0 Å². The molecule has 2 N–H and O–H groups in total. The largest absolute Gasteiger partial charge is 0.349 e. The molecule has 1 aromatic carbocycles. The highest BCUT2D eigenvalue weighted by Crippen LogP contribution is 2.59. The molecular weight excluding hydrogens is 410 g/mol. The number of ether oxygens (including phenoxy) is 2. The van der Waals surface area contributed by atoms with Gasteiger partial charge in [-0.3, -0.25) is 0 Å². The van der Waals surface area contributed by atoms with E-state index in [4.69, 9.17) is 19.2 Å². The predicted octanol–water partition coefficient (Wildman–Crippen LogP) is 3.95. The van der Waals surface area contributed by atoms with Gasteiger partial charge in [-0.05, 0) is 43.7 Å². The van der Waals surface area contributed by atoms with Gasteiger partial charge in [0.15, 0.2) is 11.9 Å². The Bertz CT molecular complexity index is 867. The van der Waals surface area contributed by atoms with Crippen molar-refractivity contribution in [3.8, 4) is 0 Å². The number of nitrogens with one attached hydrogen (secondary N) is 2. The molecule has 4 aliphatic heterocycles. The van der Waals surface area contributed by atoms with Gasteiger partial charge < -0.3 is 20.1 Å². The summed E-state index contributed by atoms with van der Waals surface area (Å²) in [7, 11) is 0. The monoisotopic (exact) mass is 438 g/mol. The minimum absolute atomic E-state index is 0.0512. The van der Waals surface area contributed by atoms with Crippen molar-refractivity contribution >= 4 is 11.7 Å². The zero-order valence-electron chi connectivity index (χ0n) is 17.8. The molecule has 31 heavy (non-hydrogen) atoms. The van der Waals surface area contributed by atoms with Crippen molar-refractivity contribution in [3.05, 3.63) is 29.8 Å². The Morgan fingerprint density at radius 2 is 1.87 bits per heavy atom. The van der Waals surface area contributed by atoms with Crippen LogP contribution in [0.4, 0.5) is 19.3 Å². The molecule has 0 aromatic heterocycles. The van der Waals surface area contributed by atoms with E-state index in [-0.39, 0.29) is 35.4 Å². The first kappa shape index (κ1) is 21.1. The van der Waals surface area contributed by atoms with Gasteiger partial charge in [-0.1, -0.05) is 13.8 Å². The molecule has 1 aromatic rings. The molecule has 5 fully saturated rings. The second-order valence-corrected chi connectivity index (χ2v) is 9.62. The Morgan fingerprint density at radius 1 is 1.13 bits per heavy atom. The smallest absolute Gasteiger partial charge is 0.319 e. The summed E-state index contributed by atoms with van der Waals surface area (Å²) in [5, 5.41) is 5.57. The Balaban J connectivity index is 1.38. The summed E-state index contributed by atoms with van der Waals surface area (Å²) in [5.74, 6) is -1.98. The van der Waals surface area contributed by atoms with Gasteiger partial charge in [0.05, 0.1) is 6.61 Å². The minimum atomic E-state index is -0.847. The van der Waals surface area contributed by atoms with E-state index in [1.807, 2.05) is 6.92 Å². The summed E-state index contributed by atoms with van der Waals surface area (Å²) in [5.41, 5.74) is -0.645. The standard InChI is InChI=1S/C22H28F2N2O5/c1-11-10-28-19-22-16(4-5-21(3,29-19)30-31-22)12(2)18(9-17(11)22)26-20(27)25-15-7-13(23)6-14(24)8-15/h6-8,11-12,16-19H,4-5,9-10H2,1-3H3,(H2,25,26,27)/t11-,12-,16-,17-,18+,19+,21+,22+/m0/s1. The minimum Gasteiger partial charge on any atom is -0.349 e. The summed E-state index contributed by atoms with van der Waals surface area (Å²) in [6, 6.07) is 2.29. The molecule has 9 heteroatoms. The normalized spacial score (nSPS) is 43.6. The molecule has 7 nitrogen and oxygen atoms in total. The first-order chi connectivity index (χ1) is 14.7. The average molecular weight is 438 g/mol. The zero-order chi connectivity index (χ0) is 22.0. The van der Waals surface area contributed by atoms with Crippen LogP contribution in [0.1, 0.15) is 40.0 Å². The first-order valence-electron chi connectivity index (χ1n) is 10.9. The molecule has 4 heterocycles. The second-order valence-electron chi connectivity index (χ2n) is 9.62. The van der Waals surface area contributed by atoms with Crippen LogP contribution in [0.15, 0.2) is 18.2 Å². The number of halogens is 2. The van der Waals surface area contributed by atoms with Gasteiger partial charge in [-0.2, -0.15) is 0 Å². The van der Waals surface area contributed by atoms with Crippen LogP contribution in [0.25, 0.3) is 0 Å². The van der Waals surface area contributed by atoms with Crippen molar-refractivity contribution in [3.63, 3.8) is 0 Å². The third-order valence-electron chi connectivity index (χ3n) is 7.57. The number of amides is 2. The number of fused-ring (bicyclic) bond motifs is 2. The Morgan fingerprint density at radius 3 is 2.61 bits per heavy atom. The van der Waals surface area contributed by atoms with Crippen LogP contribution in [-0.2, 0) is 19.2 Å². The molecule has 1 saturated carbocycles. The van der Waals surface area contributed by atoms with Crippen molar-refractivity contribution in [1.29, 1.82) is 0 Å². The maximum atomic E-state index is 13.5. The molecule has 6 rings (SSSR count). The van der Waals surface area contributed by atoms with Gasteiger partial charge in [0, 0.05) is 36.1 Å². The van der Waals surface area contributed by atoms with Crippen molar-refractivity contribution in [2.45, 2.75) is 63.8 Å². The van der Waals surface area contributed by atoms with Crippen molar-refractivity contribution in [2.24, 2.45) is 23.7 Å². The lowest BCUT2D eigenvalue weighted by Crippen LogP contribution is -2.71. The fourth-order valence-corrected chi connectivity index (χ4v) is 6.00. The van der Waals surface area contributed by atoms with E-state index >= 15 is 0 Å². The number of benzene rings is 1. The molecule has 0 unspecified atom stereocenters. The first-order valence-corrected chi connectivity index (χ1v) is 10.9. The van der Waals surface area contributed by atoms with Crippen LogP contribution < -0.4 is 10.6 Å². The molecule has 2 amide bonds. The van der Waals surface area contributed by atoms with E-state index in [2.05, 4.69) is 24.5 Å². The Labute approximate surface area is 179 Å². The molecule has 0 radical (unpaired) electrons. The van der Waals surface area contributed by atoms with Crippen LogP contribution in [0.5, 0.6) is 0 Å². The molecule has 5 aliphatic rings. The highest BCUT2D eigenvalue weighted by atomic mass is 19.1. The van der Waals surface area contributed by atoms with Crippen LogP contribution >= 0.6 is 0 Å². The van der Waals surface area contributed by atoms with Gasteiger partial charge >= 0.3 is 6.03 Å². The number of urea groups is 1. The predicted molar refractivity (Wildman–Crippen MR) is 106 cm³/mol. The maximum Gasteiger partial charge on any atom is 0.319 e. The summed E-state index contributed by atoms with van der Waals surface area (Å²) in [4.78, 5) is 24.5. The van der Waals surface area contributed by atoms with Crippen molar-refractivity contribution in [2.75, 3.05) is 11.9 Å². The van der Waals surface area contributed by atoms with Crippen molar-refractivity contribution in [1.82, 2.24) is 5.32 Å². The highest BCUT2D eigenvalue weighted by Gasteiger charge is 2.69. The SMILES string of the molecule is C[C@@H]1[C@H](NC(=O)Nc2cc(F)cc(F)c2)C[C@H]2[C@@H](C)CO[C@@H]3O[C@@]4(C)CC[C@@H]1[C@]32OO4. The highest BCUT2D eigenvalue weighted by molar-refractivity contribution is 5.89. The average Bonchev–Trinajstić information content (AvgIpc) is 2.91. The van der Waals surface area contributed by atoms with Crippen LogP contribution in [0.2, 0.25) is 0 Å². The Kier molecular flexibility index (Phi) is 5.00. The lowest BCUT2D eigenvalue weighted by Gasteiger charge is -2.60.